The van der Waals surface area contributed by atoms with Gasteiger partial charge in [0.05, 0.1) is 4.92 Å². The molecule has 0 saturated heterocycles. The van der Waals surface area contributed by atoms with Crippen LogP contribution in [0.1, 0.15) is 5.56 Å². The summed E-state index contributed by atoms with van der Waals surface area (Å²) in [5.41, 5.74) is 1.44. The molecule has 7 heteroatoms. The SMILES string of the molecule is N#Cc1c(-c2cccc(Br)c2)cc(-c2cccc([N+](=O)[O-])c2)[nH]c1=O. The summed E-state index contributed by atoms with van der Waals surface area (Å²) >= 11 is 3.37. The van der Waals surface area contributed by atoms with E-state index in [0.29, 0.717) is 22.4 Å². The van der Waals surface area contributed by atoms with Crippen LogP contribution in [0.15, 0.2) is 63.9 Å². The zero-order valence-corrected chi connectivity index (χ0v) is 14.3. The van der Waals surface area contributed by atoms with E-state index in [1.807, 2.05) is 12.1 Å². The molecular formula is C18H10BrN3O3. The van der Waals surface area contributed by atoms with Crippen molar-refractivity contribution in [2.75, 3.05) is 0 Å². The zero-order valence-electron chi connectivity index (χ0n) is 12.7. The van der Waals surface area contributed by atoms with Crippen molar-refractivity contribution >= 4 is 21.6 Å². The van der Waals surface area contributed by atoms with E-state index in [1.54, 1.807) is 36.4 Å². The maximum Gasteiger partial charge on any atom is 0.270 e. The van der Waals surface area contributed by atoms with Crippen molar-refractivity contribution in [1.82, 2.24) is 4.98 Å². The highest BCUT2D eigenvalue weighted by molar-refractivity contribution is 9.10. The third-order valence-electron chi connectivity index (χ3n) is 3.65. The molecule has 0 fully saturated rings. The molecule has 0 amide bonds. The summed E-state index contributed by atoms with van der Waals surface area (Å²) in [6.45, 7) is 0. The molecule has 0 spiro atoms. The van der Waals surface area contributed by atoms with Crippen LogP contribution in [-0.4, -0.2) is 9.91 Å². The highest BCUT2D eigenvalue weighted by atomic mass is 79.9. The average Bonchev–Trinajstić information content (AvgIpc) is 2.61. The molecule has 3 rings (SSSR count). The lowest BCUT2D eigenvalue weighted by atomic mass is 9.99. The van der Waals surface area contributed by atoms with Gasteiger partial charge >= 0.3 is 0 Å². The fourth-order valence-electron chi connectivity index (χ4n) is 2.50. The fourth-order valence-corrected chi connectivity index (χ4v) is 2.90. The molecule has 0 saturated carbocycles. The predicted molar refractivity (Wildman–Crippen MR) is 97.0 cm³/mol. The van der Waals surface area contributed by atoms with Gasteiger partial charge in [-0.2, -0.15) is 5.26 Å². The van der Waals surface area contributed by atoms with E-state index in [9.17, 15) is 20.2 Å². The second-order valence-electron chi connectivity index (χ2n) is 5.23. The summed E-state index contributed by atoms with van der Waals surface area (Å²) in [6.07, 6.45) is 0. The molecule has 0 aliphatic rings. The Hall–Kier alpha value is -3.24. The lowest BCUT2D eigenvalue weighted by Gasteiger charge is -2.08. The number of nitriles is 1. The summed E-state index contributed by atoms with van der Waals surface area (Å²) in [5, 5.41) is 20.3. The molecular weight excluding hydrogens is 386 g/mol. The number of nitro benzene ring substituents is 1. The van der Waals surface area contributed by atoms with Gasteiger partial charge in [0.25, 0.3) is 11.2 Å². The highest BCUT2D eigenvalue weighted by Crippen LogP contribution is 2.29. The standard InChI is InChI=1S/C18H10BrN3O3/c19-13-5-1-3-11(7-13)15-9-17(21-18(23)16(15)10-20)12-4-2-6-14(8-12)22(24)25/h1-9H,(H,21,23). The van der Waals surface area contributed by atoms with Gasteiger partial charge in [-0.3, -0.25) is 14.9 Å². The van der Waals surface area contributed by atoms with Crippen molar-refractivity contribution in [3.05, 3.63) is 85.1 Å². The monoisotopic (exact) mass is 395 g/mol. The number of pyridine rings is 1. The maximum atomic E-state index is 12.3. The van der Waals surface area contributed by atoms with Crippen molar-refractivity contribution in [3.8, 4) is 28.5 Å². The Kier molecular flexibility index (Phi) is 4.46. The number of halogens is 1. The quantitative estimate of drug-likeness (QED) is 0.528. The summed E-state index contributed by atoms with van der Waals surface area (Å²) in [6, 6.07) is 16.8. The van der Waals surface area contributed by atoms with Crippen molar-refractivity contribution in [3.63, 3.8) is 0 Å². The van der Waals surface area contributed by atoms with Gasteiger partial charge in [0.15, 0.2) is 0 Å². The van der Waals surface area contributed by atoms with E-state index >= 15 is 0 Å². The number of aromatic nitrogens is 1. The van der Waals surface area contributed by atoms with Gasteiger partial charge in [-0.15, -0.1) is 0 Å². The van der Waals surface area contributed by atoms with Crippen LogP contribution in [0.5, 0.6) is 0 Å². The molecule has 2 aromatic carbocycles. The van der Waals surface area contributed by atoms with Crippen LogP contribution in [0.4, 0.5) is 5.69 Å². The number of nitrogens with one attached hydrogen (secondary N) is 1. The number of rotatable bonds is 3. The Labute approximate surface area is 150 Å². The van der Waals surface area contributed by atoms with E-state index < -0.39 is 10.5 Å². The first-order valence-electron chi connectivity index (χ1n) is 7.18. The lowest BCUT2D eigenvalue weighted by Crippen LogP contribution is -2.12. The minimum Gasteiger partial charge on any atom is -0.321 e. The number of H-pyrrole nitrogens is 1. The van der Waals surface area contributed by atoms with Gasteiger partial charge in [0, 0.05) is 33.4 Å². The third-order valence-corrected chi connectivity index (χ3v) is 4.14. The van der Waals surface area contributed by atoms with Crippen LogP contribution >= 0.6 is 15.9 Å². The average molecular weight is 396 g/mol. The van der Waals surface area contributed by atoms with E-state index in [-0.39, 0.29) is 11.3 Å². The molecule has 1 aromatic heterocycles. The Bertz CT molecular complexity index is 1080. The minimum atomic E-state index is -0.540. The molecule has 0 aliphatic heterocycles. The number of non-ortho nitro benzene ring substituents is 1. The summed E-state index contributed by atoms with van der Waals surface area (Å²) in [4.78, 5) is 25.4. The Balaban J connectivity index is 2.24. The molecule has 0 unspecified atom stereocenters. The van der Waals surface area contributed by atoms with Crippen molar-refractivity contribution in [2.45, 2.75) is 0 Å². The van der Waals surface area contributed by atoms with Gasteiger partial charge in [0.2, 0.25) is 0 Å². The van der Waals surface area contributed by atoms with Crippen LogP contribution in [0.3, 0.4) is 0 Å². The molecule has 0 bridgehead atoms. The third kappa shape index (κ3) is 3.34. The number of nitrogens with zero attached hydrogens (tertiary/aromatic N) is 2. The van der Waals surface area contributed by atoms with Gasteiger partial charge < -0.3 is 4.98 Å². The highest BCUT2D eigenvalue weighted by Gasteiger charge is 2.14. The van der Waals surface area contributed by atoms with Gasteiger partial charge in [-0.05, 0) is 23.8 Å². The molecule has 1 N–H and O–H groups in total. The van der Waals surface area contributed by atoms with Crippen LogP contribution in [-0.2, 0) is 0 Å². The van der Waals surface area contributed by atoms with Crippen molar-refractivity contribution in [1.29, 1.82) is 5.26 Å². The van der Waals surface area contributed by atoms with Gasteiger partial charge in [-0.1, -0.05) is 40.2 Å². The number of hydrogen-bond donors (Lipinski definition) is 1. The number of nitro groups is 1. The van der Waals surface area contributed by atoms with Crippen LogP contribution in [0.25, 0.3) is 22.4 Å². The first-order valence-corrected chi connectivity index (χ1v) is 7.97. The fraction of sp³-hybridized carbons (Fsp3) is 0. The molecule has 3 aromatic rings. The second-order valence-corrected chi connectivity index (χ2v) is 6.15. The summed E-state index contributed by atoms with van der Waals surface area (Å²) in [5.74, 6) is 0. The summed E-state index contributed by atoms with van der Waals surface area (Å²) < 4.78 is 0.811. The predicted octanol–water partition coefficient (Wildman–Crippen LogP) is 4.25. The number of benzene rings is 2. The largest absolute Gasteiger partial charge is 0.321 e. The van der Waals surface area contributed by atoms with E-state index in [1.165, 1.54) is 12.1 Å². The van der Waals surface area contributed by atoms with Crippen LogP contribution < -0.4 is 5.56 Å². The van der Waals surface area contributed by atoms with Crippen LogP contribution in [0, 0.1) is 21.4 Å². The number of aromatic amines is 1. The maximum absolute atomic E-state index is 12.3. The van der Waals surface area contributed by atoms with Crippen LogP contribution in [0.2, 0.25) is 0 Å². The van der Waals surface area contributed by atoms with E-state index in [0.717, 1.165) is 4.47 Å². The number of hydrogen-bond acceptors (Lipinski definition) is 4. The zero-order chi connectivity index (χ0) is 18.0. The van der Waals surface area contributed by atoms with E-state index in [2.05, 4.69) is 20.9 Å². The van der Waals surface area contributed by atoms with Crippen molar-refractivity contribution in [2.24, 2.45) is 0 Å². The molecule has 0 radical (unpaired) electrons. The Morgan fingerprint density at radius 2 is 1.80 bits per heavy atom. The van der Waals surface area contributed by atoms with Gasteiger partial charge in [0.1, 0.15) is 11.6 Å². The molecule has 25 heavy (non-hydrogen) atoms. The Morgan fingerprint density at radius 3 is 2.48 bits per heavy atom. The topological polar surface area (TPSA) is 99.8 Å². The molecule has 122 valence electrons. The molecule has 0 atom stereocenters. The summed E-state index contributed by atoms with van der Waals surface area (Å²) in [7, 11) is 0. The first kappa shape index (κ1) is 16.6. The minimum absolute atomic E-state index is 0.00715. The Morgan fingerprint density at radius 1 is 1.08 bits per heavy atom. The molecule has 0 aliphatic carbocycles. The van der Waals surface area contributed by atoms with E-state index in [4.69, 9.17) is 0 Å². The molecule has 1 heterocycles. The second kappa shape index (κ2) is 6.71. The normalized spacial score (nSPS) is 10.2. The first-order chi connectivity index (χ1) is 12.0. The molecule has 6 nitrogen and oxygen atoms in total. The lowest BCUT2D eigenvalue weighted by molar-refractivity contribution is -0.384. The smallest absolute Gasteiger partial charge is 0.270 e. The van der Waals surface area contributed by atoms with Gasteiger partial charge in [-0.25, -0.2) is 0 Å². The van der Waals surface area contributed by atoms with Crippen molar-refractivity contribution < 1.29 is 4.92 Å².